The lowest BCUT2D eigenvalue weighted by Crippen LogP contribution is -2.44. The summed E-state index contributed by atoms with van der Waals surface area (Å²) in [6.07, 6.45) is 3.88. The van der Waals surface area contributed by atoms with E-state index < -0.39 is 5.60 Å². The van der Waals surface area contributed by atoms with Gasteiger partial charge >= 0.3 is 0 Å². The van der Waals surface area contributed by atoms with Crippen molar-refractivity contribution in [3.63, 3.8) is 0 Å². The third-order valence-electron chi connectivity index (χ3n) is 4.06. The van der Waals surface area contributed by atoms with Crippen LogP contribution in [-0.2, 0) is 5.60 Å². The fourth-order valence-corrected chi connectivity index (χ4v) is 4.15. The summed E-state index contributed by atoms with van der Waals surface area (Å²) in [7, 11) is 3.07. The van der Waals surface area contributed by atoms with Crippen LogP contribution in [0.15, 0.2) is 6.20 Å². The van der Waals surface area contributed by atoms with Crippen LogP contribution in [0.1, 0.15) is 52.7 Å². The van der Waals surface area contributed by atoms with Gasteiger partial charge in [-0.15, -0.1) is 0 Å². The number of ether oxygens (including phenoxy) is 2. The molecule has 5 heteroatoms. The Morgan fingerprint density at radius 3 is 2.05 bits per heavy atom. The predicted octanol–water partition coefficient (Wildman–Crippen LogP) is 2.92. The number of aromatic nitrogens is 2. The van der Waals surface area contributed by atoms with E-state index in [0.29, 0.717) is 30.3 Å². The normalized spacial score (nSPS) is 22.6. The van der Waals surface area contributed by atoms with Gasteiger partial charge in [-0.2, -0.15) is 4.98 Å². The first-order chi connectivity index (χ1) is 9.61. The minimum Gasteiger partial charge on any atom is -0.480 e. The quantitative estimate of drug-likeness (QED) is 0.928. The molecule has 21 heavy (non-hydrogen) atoms. The van der Waals surface area contributed by atoms with E-state index in [9.17, 15) is 5.11 Å². The van der Waals surface area contributed by atoms with E-state index in [2.05, 4.69) is 37.7 Å². The number of nitrogens with zero attached hydrogens (tertiary/aromatic N) is 2. The van der Waals surface area contributed by atoms with Crippen LogP contribution in [0, 0.1) is 10.8 Å². The van der Waals surface area contributed by atoms with Crippen molar-refractivity contribution >= 4 is 0 Å². The summed E-state index contributed by atoms with van der Waals surface area (Å²) < 4.78 is 10.4. The molecule has 1 aromatic heterocycles. The summed E-state index contributed by atoms with van der Waals surface area (Å²) in [5.74, 6) is 0.721. The highest BCUT2D eigenvalue weighted by molar-refractivity contribution is 5.29. The average molecular weight is 294 g/mol. The van der Waals surface area contributed by atoms with Crippen LogP contribution in [0.2, 0.25) is 0 Å². The molecule has 1 N–H and O–H groups in total. The van der Waals surface area contributed by atoms with Crippen LogP contribution in [0.4, 0.5) is 0 Å². The van der Waals surface area contributed by atoms with Crippen molar-refractivity contribution in [3.8, 4) is 11.8 Å². The molecule has 1 aliphatic carbocycles. The van der Waals surface area contributed by atoms with Gasteiger partial charge in [0, 0.05) is 0 Å². The van der Waals surface area contributed by atoms with Crippen molar-refractivity contribution in [3.05, 3.63) is 11.9 Å². The maximum Gasteiger partial charge on any atom is 0.241 e. The Balaban J connectivity index is 2.48. The summed E-state index contributed by atoms with van der Waals surface area (Å²) in [5.41, 5.74) is -0.464. The van der Waals surface area contributed by atoms with Gasteiger partial charge in [0.1, 0.15) is 11.3 Å². The molecule has 0 unspecified atom stereocenters. The fourth-order valence-electron chi connectivity index (χ4n) is 4.15. The van der Waals surface area contributed by atoms with Crippen molar-refractivity contribution < 1.29 is 14.6 Å². The molecule has 0 amide bonds. The van der Waals surface area contributed by atoms with Gasteiger partial charge in [0.2, 0.25) is 11.8 Å². The smallest absolute Gasteiger partial charge is 0.241 e. The van der Waals surface area contributed by atoms with Crippen molar-refractivity contribution in [2.75, 3.05) is 14.2 Å². The Morgan fingerprint density at radius 1 is 1.00 bits per heavy atom. The molecule has 1 aromatic rings. The first-order valence-corrected chi connectivity index (χ1v) is 7.29. The molecule has 1 fully saturated rings. The molecule has 5 nitrogen and oxygen atoms in total. The second kappa shape index (κ2) is 5.13. The number of hydrogen-bond donors (Lipinski definition) is 1. The van der Waals surface area contributed by atoms with E-state index in [1.165, 1.54) is 20.4 Å². The number of methoxy groups -OCH3 is 2. The Morgan fingerprint density at radius 2 is 1.57 bits per heavy atom. The molecule has 1 saturated carbocycles. The van der Waals surface area contributed by atoms with Gasteiger partial charge < -0.3 is 14.6 Å². The molecule has 0 radical (unpaired) electrons. The van der Waals surface area contributed by atoms with Gasteiger partial charge in [-0.3, -0.25) is 0 Å². The van der Waals surface area contributed by atoms with Crippen molar-refractivity contribution in [2.24, 2.45) is 10.8 Å². The monoisotopic (exact) mass is 294 g/mol. The highest BCUT2D eigenvalue weighted by Gasteiger charge is 2.49. The van der Waals surface area contributed by atoms with Gasteiger partial charge in [0.15, 0.2) is 0 Å². The molecule has 0 aliphatic heterocycles. The zero-order valence-electron chi connectivity index (χ0n) is 13.9. The standard InChI is InChI=1S/C16H26N2O3/c1-14(2)8-15(3,4)10-16(19,9-14)12-13(21-6)18-11(20-5)7-17-12/h7,19H,8-10H2,1-6H3. The summed E-state index contributed by atoms with van der Waals surface area (Å²) in [5, 5.41) is 11.3. The van der Waals surface area contributed by atoms with Crippen LogP contribution >= 0.6 is 0 Å². The maximum atomic E-state index is 11.3. The Labute approximate surface area is 126 Å². The molecule has 0 atom stereocenters. The minimum atomic E-state index is -1.03. The van der Waals surface area contributed by atoms with Gasteiger partial charge in [-0.1, -0.05) is 27.7 Å². The lowest BCUT2D eigenvalue weighted by molar-refractivity contribution is -0.0953. The third-order valence-corrected chi connectivity index (χ3v) is 4.06. The van der Waals surface area contributed by atoms with E-state index in [1.54, 1.807) is 0 Å². The largest absolute Gasteiger partial charge is 0.480 e. The van der Waals surface area contributed by atoms with E-state index in [1.807, 2.05) is 0 Å². The van der Waals surface area contributed by atoms with E-state index >= 15 is 0 Å². The molecular weight excluding hydrogens is 268 g/mol. The number of hydrogen-bond acceptors (Lipinski definition) is 5. The topological polar surface area (TPSA) is 64.5 Å². The Bertz CT molecular complexity index is 510. The lowest BCUT2D eigenvalue weighted by Gasteiger charge is -2.49. The molecule has 1 aliphatic rings. The predicted molar refractivity (Wildman–Crippen MR) is 80.4 cm³/mol. The summed E-state index contributed by atoms with van der Waals surface area (Å²) in [6.45, 7) is 8.73. The summed E-state index contributed by atoms with van der Waals surface area (Å²) >= 11 is 0. The highest BCUT2D eigenvalue weighted by atomic mass is 16.5. The summed E-state index contributed by atoms with van der Waals surface area (Å²) in [4.78, 5) is 8.64. The van der Waals surface area contributed by atoms with Crippen LogP contribution in [0.25, 0.3) is 0 Å². The van der Waals surface area contributed by atoms with Gasteiger partial charge in [0.05, 0.1) is 20.4 Å². The minimum absolute atomic E-state index is 0.0309. The molecule has 0 aromatic carbocycles. The van der Waals surface area contributed by atoms with E-state index in [4.69, 9.17) is 9.47 Å². The SMILES string of the molecule is COc1cnc(C2(O)CC(C)(C)CC(C)(C)C2)c(OC)n1. The highest BCUT2D eigenvalue weighted by Crippen LogP contribution is 2.54. The molecule has 0 saturated heterocycles. The summed E-state index contributed by atoms with van der Waals surface area (Å²) in [6, 6.07) is 0. The molecule has 118 valence electrons. The second-order valence-electron chi connectivity index (χ2n) is 7.66. The van der Waals surface area contributed by atoms with Gasteiger partial charge in [-0.25, -0.2) is 4.98 Å². The van der Waals surface area contributed by atoms with Gasteiger partial charge in [-0.05, 0) is 30.1 Å². The first-order valence-electron chi connectivity index (χ1n) is 7.29. The fraction of sp³-hybridized carbons (Fsp3) is 0.750. The molecule has 0 spiro atoms. The first kappa shape index (κ1) is 16.0. The van der Waals surface area contributed by atoms with E-state index in [0.717, 1.165) is 6.42 Å². The van der Waals surface area contributed by atoms with Crippen molar-refractivity contribution in [1.29, 1.82) is 0 Å². The molecular formula is C16H26N2O3. The van der Waals surface area contributed by atoms with Crippen LogP contribution < -0.4 is 9.47 Å². The van der Waals surface area contributed by atoms with Crippen LogP contribution in [-0.4, -0.2) is 29.3 Å². The van der Waals surface area contributed by atoms with Crippen molar-refractivity contribution in [2.45, 2.75) is 52.6 Å². The Hall–Kier alpha value is -1.36. The van der Waals surface area contributed by atoms with E-state index in [-0.39, 0.29) is 10.8 Å². The average Bonchev–Trinajstić information content (AvgIpc) is 2.33. The molecule has 0 bridgehead atoms. The number of aliphatic hydroxyl groups is 1. The Kier molecular flexibility index (Phi) is 3.91. The second-order valence-corrected chi connectivity index (χ2v) is 7.66. The maximum absolute atomic E-state index is 11.3. The lowest BCUT2D eigenvalue weighted by atomic mass is 9.59. The zero-order valence-corrected chi connectivity index (χ0v) is 13.9. The van der Waals surface area contributed by atoms with Crippen LogP contribution in [0.5, 0.6) is 11.8 Å². The third kappa shape index (κ3) is 3.28. The number of rotatable bonds is 3. The van der Waals surface area contributed by atoms with Gasteiger partial charge in [0.25, 0.3) is 0 Å². The molecule has 2 rings (SSSR count). The van der Waals surface area contributed by atoms with Crippen LogP contribution in [0.3, 0.4) is 0 Å². The zero-order chi connectivity index (χ0) is 15.9. The van der Waals surface area contributed by atoms with Crippen molar-refractivity contribution in [1.82, 2.24) is 9.97 Å². The molecule has 1 heterocycles.